The number of nitrogens with one attached hydrogen (secondary N) is 1. The molecule has 2 rings (SSSR count). The van der Waals surface area contributed by atoms with Crippen LogP contribution >= 0.6 is 23.1 Å². The molecule has 0 aliphatic carbocycles. The third-order valence-electron chi connectivity index (χ3n) is 2.53. The van der Waals surface area contributed by atoms with Crippen molar-refractivity contribution in [2.75, 3.05) is 5.75 Å². The molecule has 0 unspecified atom stereocenters. The summed E-state index contributed by atoms with van der Waals surface area (Å²) >= 11 is 3.00. The van der Waals surface area contributed by atoms with Crippen molar-refractivity contribution in [3.05, 3.63) is 23.0 Å². The zero-order valence-corrected chi connectivity index (χ0v) is 12.1. The van der Waals surface area contributed by atoms with Gasteiger partial charge in [-0.25, -0.2) is 4.99 Å². The lowest BCUT2D eigenvalue weighted by Gasteiger charge is -2.01. The minimum atomic E-state index is 0.574. The normalized spacial score (nSPS) is 12.2. The molecule has 96 valence electrons. The Labute approximate surface area is 114 Å². The number of hydrogen-bond donors (Lipinski definition) is 2. The molecule has 4 nitrogen and oxygen atoms in total. The van der Waals surface area contributed by atoms with Crippen molar-refractivity contribution < 1.29 is 0 Å². The van der Waals surface area contributed by atoms with Gasteiger partial charge in [0.25, 0.3) is 0 Å². The van der Waals surface area contributed by atoms with Crippen molar-refractivity contribution in [2.24, 2.45) is 10.7 Å². The van der Waals surface area contributed by atoms with Crippen LogP contribution < -0.4 is 10.5 Å². The summed E-state index contributed by atoms with van der Waals surface area (Å²) in [5, 5.41) is 8.48. The SMILES string of the molecule is CCSC(N)=Nc1ccc2c(c1)sc(=N)n2CC. The van der Waals surface area contributed by atoms with E-state index in [1.54, 1.807) is 0 Å². The fraction of sp³-hybridized carbons (Fsp3) is 0.333. The largest absolute Gasteiger partial charge is 0.378 e. The average molecular weight is 280 g/mol. The van der Waals surface area contributed by atoms with Crippen molar-refractivity contribution in [3.63, 3.8) is 0 Å². The van der Waals surface area contributed by atoms with E-state index < -0.39 is 0 Å². The van der Waals surface area contributed by atoms with Gasteiger partial charge in [-0.05, 0) is 30.9 Å². The van der Waals surface area contributed by atoms with Crippen molar-refractivity contribution in [1.29, 1.82) is 5.41 Å². The molecule has 0 aliphatic rings. The summed E-state index contributed by atoms with van der Waals surface area (Å²) in [6.07, 6.45) is 0. The summed E-state index contributed by atoms with van der Waals surface area (Å²) < 4.78 is 3.06. The maximum atomic E-state index is 7.89. The molecule has 2 aromatic rings. The zero-order valence-electron chi connectivity index (χ0n) is 10.4. The van der Waals surface area contributed by atoms with Crippen LogP contribution in [-0.2, 0) is 6.54 Å². The Morgan fingerprint density at radius 2 is 2.28 bits per heavy atom. The first kappa shape index (κ1) is 13.2. The summed E-state index contributed by atoms with van der Waals surface area (Å²) in [6, 6.07) is 5.95. The second-order valence-electron chi connectivity index (χ2n) is 3.69. The van der Waals surface area contributed by atoms with Crippen LogP contribution in [0.3, 0.4) is 0 Å². The fourth-order valence-electron chi connectivity index (χ4n) is 1.77. The van der Waals surface area contributed by atoms with Gasteiger partial charge in [0.15, 0.2) is 9.97 Å². The number of nitrogens with two attached hydrogens (primary N) is 1. The Morgan fingerprint density at radius 3 is 2.94 bits per heavy atom. The minimum absolute atomic E-state index is 0.574. The average Bonchev–Trinajstić information content (AvgIpc) is 2.63. The second kappa shape index (κ2) is 5.58. The van der Waals surface area contributed by atoms with E-state index in [2.05, 4.69) is 4.99 Å². The highest BCUT2D eigenvalue weighted by molar-refractivity contribution is 8.13. The van der Waals surface area contributed by atoms with Crippen LogP contribution in [0.4, 0.5) is 5.69 Å². The summed E-state index contributed by atoms with van der Waals surface area (Å²) in [4.78, 5) is 4.93. The number of hydrogen-bond acceptors (Lipinski definition) is 4. The Balaban J connectivity index is 2.46. The Kier molecular flexibility index (Phi) is 4.08. The van der Waals surface area contributed by atoms with Crippen molar-refractivity contribution in [3.8, 4) is 0 Å². The summed E-state index contributed by atoms with van der Waals surface area (Å²) in [7, 11) is 0. The number of amidine groups is 1. The predicted molar refractivity (Wildman–Crippen MR) is 80.8 cm³/mol. The first-order valence-electron chi connectivity index (χ1n) is 5.80. The van der Waals surface area contributed by atoms with Gasteiger partial charge in [-0.15, -0.1) is 0 Å². The molecule has 0 bridgehead atoms. The van der Waals surface area contributed by atoms with E-state index in [0.29, 0.717) is 9.97 Å². The van der Waals surface area contributed by atoms with Crippen LogP contribution in [0.2, 0.25) is 0 Å². The highest BCUT2D eigenvalue weighted by Gasteiger charge is 2.04. The van der Waals surface area contributed by atoms with Gasteiger partial charge < -0.3 is 10.3 Å². The minimum Gasteiger partial charge on any atom is -0.378 e. The maximum Gasteiger partial charge on any atom is 0.182 e. The molecular weight excluding hydrogens is 264 g/mol. The molecule has 0 aliphatic heterocycles. The monoisotopic (exact) mass is 280 g/mol. The van der Waals surface area contributed by atoms with Gasteiger partial charge in [-0.2, -0.15) is 0 Å². The van der Waals surface area contributed by atoms with Gasteiger partial charge in [0.2, 0.25) is 0 Å². The third-order valence-corrected chi connectivity index (χ3v) is 4.17. The predicted octanol–water partition coefficient (Wildman–Crippen LogP) is 2.90. The highest BCUT2D eigenvalue weighted by atomic mass is 32.2. The van der Waals surface area contributed by atoms with Crippen LogP contribution in [0, 0.1) is 5.41 Å². The lowest BCUT2D eigenvalue weighted by molar-refractivity contribution is 0.755. The smallest absolute Gasteiger partial charge is 0.182 e. The van der Waals surface area contributed by atoms with E-state index in [1.807, 2.05) is 36.6 Å². The van der Waals surface area contributed by atoms with E-state index in [-0.39, 0.29) is 0 Å². The number of rotatable bonds is 3. The molecule has 6 heteroatoms. The van der Waals surface area contributed by atoms with Gasteiger partial charge in [0.1, 0.15) is 0 Å². The maximum absolute atomic E-state index is 7.89. The van der Waals surface area contributed by atoms with E-state index in [4.69, 9.17) is 11.1 Å². The molecule has 0 radical (unpaired) electrons. The molecule has 18 heavy (non-hydrogen) atoms. The Hall–Kier alpha value is -1.27. The molecule has 0 amide bonds. The quantitative estimate of drug-likeness (QED) is 0.670. The number of benzene rings is 1. The molecule has 0 spiro atoms. The third kappa shape index (κ3) is 2.59. The number of aliphatic imine (C=N–C) groups is 1. The van der Waals surface area contributed by atoms with Gasteiger partial charge >= 0.3 is 0 Å². The van der Waals surface area contributed by atoms with E-state index in [1.165, 1.54) is 23.1 Å². The van der Waals surface area contributed by atoms with Crippen LogP contribution in [0.25, 0.3) is 10.2 Å². The molecule has 0 saturated heterocycles. The number of thioether (sulfide) groups is 1. The van der Waals surface area contributed by atoms with E-state index in [0.717, 1.165) is 28.2 Å². The molecule has 1 aromatic carbocycles. The molecule has 1 aromatic heterocycles. The molecule has 1 heterocycles. The lowest BCUT2D eigenvalue weighted by atomic mass is 10.3. The summed E-state index contributed by atoms with van der Waals surface area (Å²) in [6.45, 7) is 4.91. The summed E-state index contributed by atoms with van der Waals surface area (Å²) in [5.74, 6) is 0.920. The van der Waals surface area contributed by atoms with Gasteiger partial charge in [-0.1, -0.05) is 30.0 Å². The number of thiazole rings is 1. The van der Waals surface area contributed by atoms with Crippen LogP contribution in [0.5, 0.6) is 0 Å². The molecule has 0 saturated carbocycles. The lowest BCUT2D eigenvalue weighted by Crippen LogP contribution is -2.10. The molecular formula is C12H16N4S2. The van der Waals surface area contributed by atoms with Crippen LogP contribution in [0.1, 0.15) is 13.8 Å². The van der Waals surface area contributed by atoms with Gasteiger partial charge in [-0.3, -0.25) is 5.41 Å². The number of nitrogens with zero attached hydrogens (tertiary/aromatic N) is 2. The molecule has 0 fully saturated rings. The van der Waals surface area contributed by atoms with Gasteiger partial charge in [0, 0.05) is 6.54 Å². The van der Waals surface area contributed by atoms with Crippen LogP contribution in [0.15, 0.2) is 23.2 Å². The first-order chi connectivity index (χ1) is 8.65. The summed E-state index contributed by atoms with van der Waals surface area (Å²) in [5.41, 5.74) is 7.74. The molecule has 3 N–H and O–H groups in total. The standard InChI is InChI=1S/C12H16N4S2/c1-3-16-9-6-5-8(15-11(13)17-4-2)7-10(9)18-12(16)14/h5-7,14H,3-4H2,1-2H3,(H2,13,15). The highest BCUT2D eigenvalue weighted by Crippen LogP contribution is 2.24. The van der Waals surface area contributed by atoms with E-state index >= 15 is 0 Å². The second-order valence-corrected chi connectivity index (χ2v) is 6.00. The Morgan fingerprint density at radius 1 is 1.50 bits per heavy atom. The number of aromatic nitrogens is 1. The van der Waals surface area contributed by atoms with Crippen molar-refractivity contribution in [2.45, 2.75) is 20.4 Å². The van der Waals surface area contributed by atoms with Crippen molar-refractivity contribution >= 4 is 44.2 Å². The van der Waals surface area contributed by atoms with E-state index in [9.17, 15) is 0 Å². The molecule has 0 atom stereocenters. The van der Waals surface area contributed by atoms with Crippen molar-refractivity contribution in [1.82, 2.24) is 4.57 Å². The number of aryl methyl sites for hydroxylation is 1. The number of fused-ring (bicyclic) bond motifs is 1. The zero-order chi connectivity index (χ0) is 13.1. The fourth-order valence-corrected chi connectivity index (χ4v) is 3.24. The Bertz CT molecular complexity index is 639. The first-order valence-corrected chi connectivity index (χ1v) is 7.60. The van der Waals surface area contributed by atoms with Crippen LogP contribution in [-0.4, -0.2) is 15.5 Å². The topological polar surface area (TPSA) is 67.2 Å². The van der Waals surface area contributed by atoms with Gasteiger partial charge in [0.05, 0.1) is 15.9 Å².